The molecule has 0 unspecified atom stereocenters. The lowest BCUT2D eigenvalue weighted by atomic mass is 9.86. The van der Waals surface area contributed by atoms with Gasteiger partial charge in [0, 0.05) is 15.6 Å². The lowest BCUT2D eigenvalue weighted by Crippen LogP contribution is -2.44. The van der Waals surface area contributed by atoms with E-state index < -0.39 is 29.5 Å². The molecule has 2 aromatic rings. The number of carbonyl (C=O) groups is 1. The molecule has 2 rings (SSSR count). The predicted molar refractivity (Wildman–Crippen MR) is 101 cm³/mol. The van der Waals surface area contributed by atoms with Crippen LogP contribution in [0, 0.1) is 0 Å². The molecule has 1 N–H and O–H groups in total. The zero-order chi connectivity index (χ0) is 22.0. The Balaban J connectivity index is 2.54. The minimum atomic E-state index is -5.18. The second-order valence-electron chi connectivity index (χ2n) is 6.03. The third-order valence-electron chi connectivity index (χ3n) is 4.21. The number of methoxy groups -OCH3 is 3. The molecular weight excluding hydrogens is 436 g/mol. The number of Topliss-reactive ketones (excluding diaryl/α,β-unsaturated/α-hetero) is 1. The maximum Gasteiger partial charge on any atom is 0.421 e. The Labute approximate surface area is 174 Å². The van der Waals surface area contributed by atoms with E-state index in [0.29, 0.717) is 0 Å². The molecule has 0 amide bonds. The molecule has 1 atom stereocenters. The maximum atomic E-state index is 13.8. The number of alkyl halides is 3. The van der Waals surface area contributed by atoms with E-state index in [1.54, 1.807) is 0 Å². The fourth-order valence-electron chi connectivity index (χ4n) is 2.74. The predicted octanol–water partition coefficient (Wildman–Crippen LogP) is 5.04. The van der Waals surface area contributed by atoms with Crippen molar-refractivity contribution in [3.63, 3.8) is 0 Å². The van der Waals surface area contributed by atoms with Crippen LogP contribution in [0.5, 0.6) is 17.2 Å². The number of hydrogen-bond donors (Lipinski definition) is 1. The Morgan fingerprint density at radius 3 is 1.79 bits per heavy atom. The molecule has 0 aliphatic carbocycles. The number of ketones is 1. The molecule has 29 heavy (non-hydrogen) atoms. The quantitative estimate of drug-likeness (QED) is 0.596. The van der Waals surface area contributed by atoms with Crippen LogP contribution in [0.4, 0.5) is 13.2 Å². The van der Waals surface area contributed by atoms with E-state index in [9.17, 15) is 23.1 Å². The van der Waals surface area contributed by atoms with Crippen molar-refractivity contribution in [2.75, 3.05) is 21.3 Å². The van der Waals surface area contributed by atoms with Gasteiger partial charge in [0.05, 0.1) is 27.8 Å². The summed E-state index contributed by atoms with van der Waals surface area (Å²) in [7, 11) is 3.93. The van der Waals surface area contributed by atoms with E-state index in [1.807, 2.05) is 0 Å². The van der Waals surface area contributed by atoms with E-state index in [4.69, 9.17) is 37.4 Å². The highest BCUT2D eigenvalue weighted by atomic mass is 35.5. The summed E-state index contributed by atoms with van der Waals surface area (Å²) in [4.78, 5) is 12.7. The van der Waals surface area contributed by atoms with Crippen LogP contribution in [-0.2, 0) is 5.60 Å². The van der Waals surface area contributed by atoms with Gasteiger partial charge in [0.15, 0.2) is 22.9 Å². The van der Waals surface area contributed by atoms with E-state index in [0.717, 1.165) is 12.1 Å². The molecule has 10 heteroatoms. The first kappa shape index (κ1) is 23.1. The van der Waals surface area contributed by atoms with Gasteiger partial charge in [-0.05, 0) is 35.9 Å². The smallest absolute Gasteiger partial charge is 0.421 e. The Bertz CT molecular complexity index is 872. The third kappa shape index (κ3) is 4.71. The van der Waals surface area contributed by atoms with Gasteiger partial charge in [-0.3, -0.25) is 4.79 Å². The third-order valence-corrected chi connectivity index (χ3v) is 4.65. The van der Waals surface area contributed by atoms with Crippen LogP contribution in [0.1, 0.15) is 22.3 Å². The lowest BCUT2D eigenvalue weighted by Gasteiger charge is -2.31. The van der Waals surface area contributed by atoms with E-state index in [1.165, 1.54) is 39.5 Å². The molecule has 0 spiro atoms. The highest BCUT2D eigenvalue weighted by Crippen LogP contribution is 2.45. The fraction of sp³-hybridized carbons (Fsp3) is 0.316. The Kier molecular flexibility index (Phi) is 6.93. The van der Waals surface area contributed by atoms with Gasteiger partial charge in [0.25, 0.3) is 0 Å². The topological polar surface area (TPSA) is 65.0 Å². The number of ether oxygens (including phenoxy) is 3. The second kappa shape index (κ2) is 8.69. The van der Waals surface area contributed by atoms with Crippen molar-refractivity contribution in [3.05, 3.63) is 51.5 Å². The lowest BCUT2D eigenvalue weighted by molar-refractivity contribution is -0.264. The summed E-state index contributed by atoms with van der Waals surface area (Å²) in [5.41, 5.74) is -4.34. The van der Waals surface area contributed by atoms with Gasteiger partial charge >= 0.3 is 6.18 Å². The standard InChI is InChI=1S/C19H17Cl2F3O5/c1-27-15-4-10(5-16(28-2)17(15)29-3)14(25)9-18(26,19(22,23)24)11-6-12(20)8-13(21)7-11/h4-8,26H,9H2,1-3H3/t18-/m0/s1. The molecule has 0 aliphatic heterocycles. The van der Waals surface area contributed by atoms with Crippen molar-refractivity contribution in [1.29, 1.82) is 0 Å². The highest BCUT2D eigenvalue weighted by molar-refractivity contribution is 6.34. The molecule has 0 radical (unpaired) electrons. The van der Waals surface area contributed by atoms with Gasteiger partial charge in [0.1, 0.15) is 0 Å². The first-order valence-electron chi connectivity index (χ1n) is 8.05. The van der Waals surface area contributed by atoms with Gasteiger partial charge in [-0.25, -0.2) is 0 Å². The summed E-state index contributed by atoms with van der Waals surface area (Å²) in [6.07, 6.45) is -6.50. The SMILES string of the molecule is COc1cc(C(=O)C[C@](O)(c2cc(Cl)cc(Cl)c2)C(F)(F)F)cc(OC)c1OC. The minimum absolute atomic E-state index is 0.0801. The minimum Gasteiger partial charge on any atom is -0.493 e. The first-order chi connectivity index (χ1) is 13.5. The zero-order valence-corrected chi connectivity index (χ0v) is 17.1. The molecule has 0 aliphatic rings. The average Bonchev–Trinajstić information content (AvgIpc) is 2.64. The van der Waals surface area contributed by atoms with Crippen molar-refractivity contribution in [1.82, 2.24) is 0 Å². The summed E-state index contributed by atoms with van der Waals surface area (Å²) >= 11 is 11.6. The molecule has 0 heterocycles. The largest absolute Gasteiger partial charge is 0.493 e. The normalized spacial score (nSPS) is 13.6. The molecule has 0 saturated carbocycles. The van der Waals surface area contributed by atoms with Crippen LogP contribution in [0.2, 0.25) is 10.0 Å². The highest BCUT2D eigenvalue weighted by Gasteiger charge is 2.56. The maximum absolute atomic E-state index is 13.8. The van der Waals surface area contributed by atoms with E-state index in [2.05, 4.69) is 0 Å². The summed E-state index contributed by atoms with van der Waals surface area (Å²) < 4.78 is 56.7. The molecule has 158 valence electrons. The number of aliphatic hydroxyl groups is 1. The molecule has 5 nitrogen and oxygen atoms in total. The molecule has 0 saturated heterocycles. The second-order valence-corrected chi connectivity index (χ2v) is 6.90. The zero-order valence-electron chi connectivity index (χ0n) is 15.6. The van der Waals surface area contributed by atoms with Crippen LogP contribution in [-0.4, -0.2) is 38.4 Å². The Hall–Kier alpha value is -2.16. The summed E-state index contributed by atoms with van der Waals surface area (Å²) in [5.74, 6) is -0.687. The Morgan fingerprint density at radius 1 is 0.931 bits per heavy atom. The van der Waals surface area contributed by atoms with Gasteiger partial charge in [0.2, 0.25) is 5.75 Å². The van der Waals surface area contributed by atoms with Crippen molar-refractivity contribution < 1.29 is 37.3 Å². The number of halogens is 5. The Morgan fingerprint density at radius 2 is 1.41 bits per heavy atom. The van der Waals surface area contributed by atoms with Gasteiger partial charge in [-0.2, -0.15) is 13.2 Å². The summed E-state index contributed by atoms with van der Waals surface area (Å²) in [5, 5.41) is 10.3. The van der Waals surface area contributed by atoms with Crippen molar-refractivity contribution >= 4 is 29.0 Å². The monoisotopic (exact) mass is 452 g/mol. The molecule has 0 fully saturated rings. The number of rotatable bonds is 7. The van der Waals surface area contributed by atoms with Crippen molar-refractivity contribution in [3.8, 4) is 17.2 Å². The molecule has 0 aromatic heterocycles. The molecule has 0 bridgehead atoms. The van der Waals surface area contributed by atoms with Crippen molar-refractivity contribution in [2.24, 2.45) is 0 Å². The molecular formula is C19H17Cl2F3O5. The molecule has 2 aromatic carbocycles. The van der Waals surface area contributed by atoms with Crippen LogP contribution >= 0.6 is 23.2 Å². The van der Waals surface area contributed by atoms with Gasteiger partial charge < -0.3 is 19.3 Å². The number of carbonyl (C=O) groups excluding carboxylic acids is 1. The van der Waals surface area contributed by atoms with Crippen molar-refractivity contribution in [2.45, 2.75) is 18.2 Å². The fourth-order valence-corrected chi connectivity index (χ4v) is 3.26. The van der Waals surface area contributed by atoms with E-state index >= 15 is 0 Å². The number of benzene rings is 2. The summed E-state index contributed by atoms with van der Waals surface area (Å²) in [6.45, 7) is 0. The van der Waals surface area contributed by atoms with Crippen LogP contribution < -0.4 is 14.2 Å². The van der Waals surface area contributed by atoms with Crippen LogP contribution in [0.25, 0.3) is 0 Å². The average molecular weight is 453 g/mol. The first-order valence-corrected chi connectivity index (χ1v) is 8.81. The van der Waals surface area contributed by atoms with Gasteiger partial charge in [-0.1, -0.05) is 23.2 Å². The van der Waals surface area contributed by atoms with Crippen LogP contribution in [0.15, 0.2) is 30.3 Å². The van der Waals surface area contributed by atoms with Crippen LogP contribution in [0.3, 0.4) is 0 Å². The summed E-state index contributed by atoms with van der Waals surface area (Å²) in [6, 6.07) is 5.42. The van der Waals surface area contributed by atoms with Gasteiger partial charge in [-0.15, -0.1) is 0 Å². The number of hydrogen-bond acceptors (Lipinski definition) is 5. The van der Waals surface area contributed by atoms with E-state index in [-0.39, 0.29) is 32.9 Å².